The first-order valence-electron chi connectivity index (χ1n) is 14.5. The number of hydrogen-bond acceptors (Lipinski definition) is 2. The van der Waals surface area contributed by atoms with Gasteiger partial charge in [0.25, 0.3) is 0 Å². The van der Waals surface area contributed by atoms with Crippen LogP contribution >= 0.6 is 0 Å². The molecule has 5 heterocycles. The van der Waals surface area contributed by atoms with Crippen molar-refractivity contribution < 1.29 is 0 Å². The molecule has 0 saturated heterocycles. The van der Waals surface area contributed by atoms with Gasteiger partial charge in [-0.25, -0.2) is 9.97 Å². The Kier molecular flexibility index (Phi) is 4.39. The molecule has 0 aliphatic rings. The maximum atomic E-state index is 5.35. The second kappa shape index (κ2) is 8.30. The van der Waals surface area contributed by atoms with E-state index in [0.717, 1.165) is 55.3 Å². The predicted octanol–water partition coefficient (Wildman–Crippen LogP) is 9.21. The Morgan fingerprint density at radius 1 is 0.488 bits per heavy atom. The summed E-state index contributed by atoms with van der Waals surface area (Å²) in [5.74, 6) is 0.659. The number of rotatable bonds is 2. The Hall–Kier alpha value is -5.94. The summed E-state index contributed by atoms with van der Waals surface area (Å²) in [5.41, 5.74) is 9.69. The van der Waals surface area contributed by atoms with Crippen LogP contribution in [0.1, 0.15) is 0 Å². The SMILES string of the molecule is c1ccc(-c2nc(-n3c4ccccc4c4c3c3c5ccccc5cn3c3cc5ccccc5n43)nc3ccccc23)cc1. The van der Waals surface area contributed by atoms with Crippen LogP contribution in [0.4, 0.5) is 0 Å². The van der Waals surface area contributed by atoms with Gasteiger partial charge >= 0.3 is 0 Å². The highest BCUT2D eigenvalue weighted by Gasteiger charge is 2.24. The summed E-state index contributed by atoms with van der Waals surface area (Å²) in [5, 5.41) is 5.81. The molecule has 0 aliphatic carbocycles. The molecular weight excluding hydrogens is 526 g/mol. The molecule has 0 fully saturated rings. The smallest absolute Gasteiger partial charge is 0.235 e. The van der Waals surface area contributed by atoms with Crippen molar-refractivity contribution in [2.45, 2.75) is 0 Å². The molecule has 0 saturated carbocycles. The second-order valence-corrected chi connectivity index (χ2v) is 11.1. The number of aromatic nitrogens is 5. The van der Waals surface area contributed by atoms with E-state index < -0.39 is 0 Å². The monoisotopic (exact) mass is 549 g/mol. The lowest BCUT2D eigenvalue weighted by atomic mass is 10.1. The first-order chi connectivity index (χ1) is 21.3. The van der Waals surface area contributed by atoms with Gasteiger partial charge in [-0.15, -0.1) is 0 Å². The molecule has 5 nitrogen and oxygen atoms in total. The van der Waals surface area contributed by atoms with Crippen molar-refractivity contribution in [2.24, 2.45) is 0 Å². The van der Waals surface area contributed by atoms with E-state index in [1.807, 2.05) is 12.1 Å². The van der Waals surface area contributed by atoms with Gasteiger partial charge in [-0.05, 0) is 24.3 Å². The van der Waals surface area contributed by atoms with E-state index in [2.05, 4.69) is 141 Å². The predicted molar refractivity (Wildman–Crippen MR) is 176 cm³/mol. The van der Waals surface area contributed by atoms with Gasteiger partial charge in [0, 0.05) is 38.7 Å². The minimum absolute atomic E-state index is 0.659. The molecular formula is C38H23N5. The quantitative estimate of drug-likeness (QED) is 0.216. The third kappa shape index (κ3) is 3.00. The lowest BCUT2D eigenvalue weighted by molar-refractivity contribution is 1.01. The summed E-state index contributed by atoms with van der Waals surface area (Å²) in [4.78, 5) is 10.6. The molecule has 0 radical (unpaired) electrons. The average Bonchev–Trinajstić information content (AvgIpc) is 3.74. The maximum Gasteiger partial charge on any atom is 0.235 e. The molecule has 43 heavy (non-hydrogen) atoms. The van der Waals surface area contributed by atoms with Crippen molar-refractivity contribution in [1.82, 2.24) is 23.3 Å². The topological polar surface area (TPSA) is 39.5 Å². The number of benzene rings is 5. The molecule has 0 spiro atoms. The summed E-state index contributed by atoms with van der Waals surface area (Å²) in [6.07, 6.45) is 2.26. The number of hydrogen-bond donors (Lipinski definition) is 0. The van der Waals surface area contributed by atoms with Crippen LogP contribution in [-0.2, 0) is 0 Å². The molecule has 0 N–H and O–H groups in total. The van der Waals surface area contributed by atoms with Crippen LogP contribution in [0.25, 0.3) is 82.9 Å². The summed E-state index contributed by atoms with van der Waals surface area (Å²) in [6, 6.07) is 47.0. The zero-order valence-electron chi connectivity index (χ0n) is 23.0. The van der Waals surface area contributed by atoms with E-state index in [-0.39, 0.29) is 0 Å². The summed E-state index contributed by atoms with van der Waals surface area (Å²) >= 11 is 0. The highest BCUT2D eigenvalue weighted by Crippen LogP contribution is 2.40. The lowest BCUT2D eigenvalue weighted by Gasteiger charge is -2.13. The third-order valence-electron chi connectivity index (χ3n) is 8.80. The van der Waals surface area contributed by atoms with Gasteiger partial charge in [-0.3, -0.25) is 13.4 Å². The minimum atomic E-state index is 0.659. The Morgan fingerprint density at radius 3 is 2.02 bits per heavy atom. The normalized spacial score (nSPS) is 12.2. The summed E-state index contributed by atoms with van der Waals surface area (Å²) < 4.78 is 7.04. The van der Waals surface area contributed by atoms with Gasteiger partial charge in [-0.1, -0.05) is 109 Å². The standard InChI is InChI=1S/C38H23N5/c1-2-12-24(13-3-1)34-28-17-7-9-19-30(28)39-38(40-34)43-32-21-11-8-18-29(32)36-37(43)35-27-16-6-4-15-26(27)23-41(35)33-22-25-14-5-10-20-31(25)42(33)36/h1-23H. The largest absolute Gasteiger partial charge is 0.299 e. The van der Waals surface area contributed by atoms with Gasteiger partial charge in [0.05, 0.1) is 38.8 Å². The summed E-state index contributed by atoms with van der Waals surface area (Å²) in [6.45, 7) is 0. The molecule has 0 bridgehead atoms. The van der Waals surface area contributed by atoms with Crippen LogP contribution in [0, 0.1) is 0 Å². The van der Waals surface area contributed by atoms with E-state index in [0.29, 0.717) is 5.95 Å². The Balaban J connectivity index is 1.49. The van der Waals surface area contributed by atoms with E-state index in [1.54, 1.807) is 0 Å². The first-order valence-corrected chi connectivity index (χ1v) is 14.5. The number of nitrogens with zero attached hydrogens (tertiary/aromatic N) is 5. The van der Waals surface area contributed by atoms with Crippen LogP contribution in [0.2, 0.25) is 0 Å². The Labute approximate surface area is 245 Å². The molecule has 10 rings (SSSR count). The molecule has 10 aromatic rings. The van der Waals surface area contributed by atoms with Crippen molar-refractivity contribution >= 4 is 65.7 Å². The van der Waals surface area contributed by atoms with Crippen LogP contribution in [0.5, 0.6) is 0 Å². The van der Waals surface area contributed by atoms with Gasteiger partial charge in [-0.2, -0.15) is 0 Å². The van der Waals surface area contributed by atoms with Gasteiger partial charge < -0.3 is 0 Å². The summed E-state index contributed by atoms with van der Waals surface area (Å²) in [7, 11) is 0. The molecule has 5 heteroatoms. The highest BCUT2D eigenvalue weighted by atomic mass is 15.2. The molecule has 5 aromatic carbocycles. The van der Waals surface area contributed by atoms with Crippen LogP contribution in [0.15, 0.2) is 140 Å². The van der Waals surface area contributed by atoms with Crippen molar-refractivity contribution in [1.29, 1.82) is 0 Å². The zero-order chi connectivity index (χ0) is 28.1. The molecule has 200 valence electrons. The van der Waals surface area contributed by atoms with E-state index in [1.165, 1.54) is 21.7 Å². The average molecular weight is 550 g/mol. The van der Waals surface area contributed by atoms with Crippen LogP contribution in [-0.4, -0.2) is 23.3 Å². The molecule has 0 unspecified atom stereocenters. The minimum Gasteiger partial charge on any atom is -0.299 e. The fourth-order valence-corrected chi connectivity index (χ4v) is 6.99. The van der Waals surface area contributed by atoms with E-state index in [9.17, 15) is 0 Å². The van der Waals surface area contributed by atoms with E-state index in [4.69, 9.17) is 9.97 Å². The van der Waals surface area contributed by atoms with Crippen molar-refractivity contribution in [3.05, 3.63) is 140 Å². The fourth-order valence-electron chi connectivity index (χ4n) is 6.99. The van der Waals surface area contributed by atoms with Gasteiger partial charge in [0.2, 0.25) is 5.95 Å². The Morgan fingerprint density at radius 2 is 1.16 bits per heavy atom. The number of para-hydroxylation sites is 3. The van der Waals surface area contributed by atoms with Crippen molar-refractivity contribution in [3.63, 3.8) is 0 Å². The molecule has 0 atom stereocenters. The van der Waals surface area contributed by atoms with Gasteiger partial charge in [0.1, 0.15) is 5.65 Å². The van der Waals surface area contributed by atoms with Crippen molar-refractivity contribution in [3.8, 4) is 17.2 Å². The Bertz CT molecular complexity index is 2730. The third-order valence-corrected chi connectivity index (χ3v) is 8.80. The first kappa shape index (κ1) is 22.7. The van der Waals surface area contributed by atoms with Crippen LogP contribution in [0.3, 0.4) is 0 Å². The van der Waals surface area contributed by atoms with Crippen LogP contribution < -0.4 is 0 Å². The molecule has 0 aliphatic heterocycles. The van der Waals surface area contributed by atoms with Crippen molar-refractivity contribution in [2.75, 3.05) is 0 Å². The maximum absolute atomic E-state index is 5.35. The molecule has 5 aromatic heterocycles. The second-order valence-electron chi connectivity index (χ2n) is 11.1. The molecule has 0 amide bonds. The fraction of sp³-hybridized carbons (Fsp3) is 0. The zero-order valence-corrected chi connectivity index (χ0v) is 23.0. The van der Waals surface area contributed by atoms with Gasteiger partial charge in [0.15, 0.2) is 0 Å². The van der Waals surface area contributed by atoms with E-state index >= 15 is 0 Å². The highest BCUT2D eigenvalue weighted by molar-refractivity contribution is 6.20. The number of fused-ring (bicyclic) bond motifs is 13. The lowest BCUT2D eigenvalue weighted by Crippen LogP contribution is -2.05.